The van der Waals surface area contributed by atoms with Gasteiger partial charge in [0.25, 0.3) is 5.91 Å². The third-order valence-electron chi connectivity index (χ3n) is 5.59. The maximum absolute atomic E-state index is 12.8. The van der Waals surface area contributed by atoms with Crippen LogP contribution in [-0.4, -0.2) is 35.5 Å². The van der Waals surface area contributed by atoms with Crippen molar-refractivity contribution in [1.29, 1.82) is 0 Å². The molecule has 1 aromatic heterocycles. The van der Waals surface area contributed by atoms with Crippen LogP contribution in [0.4, 0.5) is 0 Å². The highest BCUT2D eigenvalue weighted by Gasteiger charge is 2.44. The number of carbonyl (C=O) groups is 1. The zero-order valence-electron chi connectivity index (χ0n) is 14.8. The SMILES string of the molecule is C=C(C(=O)N1CCC2(CC1)COc1ccc(CN)cc12)c1ccccn1. The van der Waals surface area contributed by atoms with Crippen LogP contribution in [0.3, 0.4) is 0 Å². The van der Waals surface area contributed by atoms with Crippen molar-refractivity contribution in [2.24, 2.45) is 5.73 Å². The Morgan fingerprint density at radius 1 is 1.27 bits per heavy atom. The molecule has 134 valence electrons. The van der Waals surface area contributed by atoms with Gasteiger partial charge >= 0.3 is 0 Å². The van der Waals surface area contributed by atoms with Gasteiger partial charge in [-0.25, -0.2) is 0 Å². The number of amides is 1. The summed E-state index contributed by atoms with van der Waals surface area (Å²) in [5.74, 6) is 0.924. The van der Waals surface area contributed by atoms with E-state index in [0.29, 0.717) is 37.5 Å². The van der Waals surface area contributed by atoms with Crippen LogP contribution in [0.15, 0.2) is 49.2 Å². The molecule has 0 bridgehead atoms. The smallest absolute Gasteiger partial charge is 0.255 e. The molecule has 5 nitrogen and oxygen atoms in total. The zero-order valence-corrected chi connectivity index (χ0v) is 14.8. The number of hydrogen-bond acceptors (Lipinski definition) is 4. The molecule has 2 aliphatic heterocycles. The highest BCUT2D eigenvalue weighted by molar-refractivity contribution is 6.18. The van der Waals surface area contributed by atoms with E-state index < -0.39 is 0 Å². The minimum absolute atomic E-state index is 0.0103. The number of benzene rings is 1. The zero-order chi connectivity index (χ0) is 18.1. The number of aromatic nitrogens is 1. The van der Waals surface area contributed by atoms with E-state index in [9.17, 15) is 4.79 Å². The maximum atomic E-state index is 12.8. The fraction of sp³-hybridized carbons (Fsp3) is 0.333. The average Bonchev–Trinajstić information content (AvgIpc) is 3.05. The average molecular weight is 349 g/mol. The number of hydrogen-bond donors (Lipinski definition) is 1. The number of fused-ring (bicyclic) bond motifs is 2. The van der Waals surface area contributed by atoms with E-state index in [-0.39, 0.29) is 11.3 Å². The van der Waals surface area contributed by atoms with Crippen LogP contribution in [0.2, 0.25) is 0 Å². The Labute approximate surface area is 153 Å². The summed E-state index contributed by atoms with van der Waals surface area (Å²) in [7, 11) is 0. The molecule has 1 aromatic carbocycles. The molecule has 1 amide bonds. The number of pyridine rings is 1. The van der Waals surface area contributed by atoms with E-state index in [2.05, 4.69) is 17.6 Å². The number of likely N-dealkylation sites (tertiary alicyclic amines) is 1. The number of nitrogens with two attached hydrogens (primary N) is 1. The second-order valence-electron chi connectivity index (χ2n) is 7.09. The largest absolute Gasteiger partial charge is 0.492 e. The Kier molecular flexibility index (Phi) is 4.24. The van der Waals surface area contributed by atoms with Gasteiger partial charge in [-0.3, -0.25) is 9.78 Å². The van der Waals surface area contributed by atoms with E-state index >= 15 is 0 Å². The Balaban J connectivity index is 1.49. The summed E-state index contributed by atoms with van der Waals surface area (Å²) in [4.78, 5) is 18.9. The van der Waals surface area contributed by atoms with Crippen LogP contribution < -0.4 is 10.5 Å². The normalized spacial score (nSPS) is 17.7. The lowest BCUT2D eigenvalue weighted by molar-refractivity contribution is -0.126. The van der Waals surface area contributed by atoms with E-state index in [4.69, 9.17) is 10.5 Å². The lowest BCUT2D eigenvalue weighted by Crippen LogP contribution is -2.46. The van der Waals surface area contributed by atoms with Gasteiger partial charge < -0.3 is 15.4 Å². The standard InChI is InChI=1S/C21H23N3O2/c1-15(18-4-2-3-9-23-18)20(25)24-10-7-21(8-11-24)14-26-19-6-5-16(13-22)12-17(19)21/h2-6,9,12H,1,7-8,10-11,13-14,22H2. The Hall–Kier alpha value is -2.66. The molecule has 1 saturated heterocycles. The van der Waals surface area contributed by atoms with Gasteiger partial charge in [-0.05, 0) is 36.6 Å². The second kappa shape index (κ2) is 6.57. The van der Waals surface area contributed by atoms with Crippen molar-refractivity contribution >= 4 is 11.5 Å². The summed E-state index contributed by atoms with van der Waals surface area (Å²) >= 11 is 0. The van der Waals surface area contributed by atoms with Crippen LogP contribution in [0.25, 0.3) is 5.57 Å². The first-order valence-electron chi connectivity index (χ1n) is 8.99. The van der Waals surface area contributed by atoms with Crippen LogP contribution in [-0.2, 0) is 16.8 Å². The summed E-state index contributed by atoms with van der Waals surface area (Å²) < 4.78 is 5.93. The fourth-order valence-electron chi connectivity index (χ4n) is 3.93. The summed E-state index contributed by atoms with van der Waals surface area (Å²) in [5, 5.41) is 0. The third kappa shape index (κ3) is 2.78. The van der Waals surface area contributed by atoms with Gasteiger partial charge in [-0.15, -0.1) is 0 Å². The maximum Gasteiger partial charge on any atom is 0.255 e. The molecule has 2 aromatic rings. The molecule has 0 atom stereocenters. The van der Waals surface area contributed by atoms with Crippen LogP contribution in [0, 0.1) is 0 Å². The molecule has 3 heterocycles. The van der Waals surface area contributed by atoms with Gasteiger partial charge in [0.15, 0.2) is 0 Å². The predicted molar refractivity (Wildman–Crippen MR) is 101 cm³/mol. The number of piperidine rings is 1. The fourth-order valence-corrected chi connectivity index (χ4v) is 3.93. The van der Waals surface area contributed by atoms with Crippen molar-refractivity contribution < 1.29 is 9.53 Å². The predicted octanol–water partition coefficient (Wildman–Crippen LogP) is 2.51. The summed E-state index contributed by atoms with van der Waals surface area (Å²) in [6, 6.07) is 11.7. The molecule has 0 saturated carbocycles. The van der Waals surface area contributed by atoms with Gasteiger partial charge in [-0.2, -0.15) is 0 Å². The minimum Gasteiger partial charge on any atom is -0.492 e. The van der Waals surface area contributed by atoms with E-state index in [1.807, 2.05) is 35.2 Å². The first-order valence-corrected chi connectivity index (χ1v) is 8.99. The molecule has 2 aliphatic rings. The molecule has 1 spiro atoms. The summed E-state index contributed by atoms with van der Waals surface area (Å²) in [6.45, 7) is 6.55. The van der Waals surface area contributed by atoms with Crippen LogP contribution in [0.5, 0.6) is 5.75 Å². The number of ether oxygens (including phenoxy) is 1. The number of carbonyl (C=O) groups excluding carboxylic acids is 1. The molecule has 1 fully saturated rings. The summed E-state index contributed by atoms with van der Waals surface area (Å²) in [5.41, 5.74) is 9.25. The molecular weight excluding hydrogens is 326 g/mol. The molecule has 5 heteroatoms. The quantitative estimate of drug-likeness (QED) is 0.865. The van der Waals surface area contributed by atoms with Crippen molar-refractivity contribution in [3.63, 3.8) is 0 Å². The number of nitrogens with zero attached hydrogens (tertiary/aromatic N) is 2. The highest BCUT2D eigenvalue weighted by atomic mass is 16.5. The number of rotatable bonds is 3. The van der Waals surface area contributed by atoms with Crippen molar-refractivity contribution in [3.8, 4) is 5.75 Å². The molecule has 0 radical (unpaired) electrons. The lowest BCUT2D eigenvalue weighted by Gasteiger charge is -2.38. The molecule has 0 aliphatic carbocycles. The molecule has 0 unspecified atom stereocenters. The molecule has 2 N–H and O–H groups in total. The Bertz CT molecular complexity index is 840. The van der Waals surface area contributed by atoms with Crippen LogP contribution in [0.1, 0.15) is 29.7 Å². The van der Waals surface area contributed by atoms with Gasteiger partial charge in [0.2, 0.25) is 0 Å². The highest BCUT2D eigenvalue weighted by Crippen LogP contribution is 2.46. The Morgan fingerprint density at radius 2 is 2.08 bits per heavy atom. The third-order valence-corrected chi connectivity index (χ3v) is 5.59. The van der Waals surface area contributed by atoms with E-state index in [1.54, 1.807) is 6.20 Å². The van der Waals surface area contributed by atoms with E-state index in [1.165, 1.54) is 5.56 Å². The topological polar surface area (TPSA) is 68.5 Å². The monoisotopic (exact) mass is 349 g/mol. The second-order valence-corrected chi connectivity index (χ2v) is 7.09. The molecule has 26 heavy (non-hydrogen) atoms. The van der Waals surface area contributed by atoms with Gasteiger partial charge in [0.1, 0.15) is 5.75 Å². The first-order chi connectivity index (χ1) is 12.6. The van der Waals surface area contributed by atoms with Crippen molar-refractivity contribution in [1.82, 2.24) is 9.88 Å². The molecule has 4 rings (SSSR count). The van der Waals surface area contributed by atoms with Gasteiger partial charge in [-0.1, -0.05) is 24.8 Å². The Morgan fingerprint density at radius 3 is 2.77 bits per heavy atom. The molecular formula is C21H23N3O2. The van der Waals surface area contributed by atoms with Crippen LogP contribution >= 0.6 is 0 Å². The van der Waals surface area contributed by atoms with Crippen molar-refractivity contribution in [2.75, 3.05) is 19.7 Å². The first kappa shape index (κ1) is 16.8. The van der Waals surface area contributed by atoms with Crippen molar-refractivity contribution in [2.45, 2.75) is 24.8 Å². The van der Waals surface area contributed by atoms with Crippen molar-refractivity contribution in [3.05, 3.63) is 66.0 Å². The van der Waals surface area contributed by atoms with Gasteiger partial charge in [0.05, 0.1) is 17.9 Å². The van der Waals surface area contributed by atoms with E-state index in [0.717, 1.165) is 24.2 Å². The minimum atomic E-state index is -0.0339. The summed E-state index contributed by atoms with van der Waals surface area (Å²) in [6.07, 6.45) is 3.45. The van der Waals surface area contributed by atoms with Gasteiger partial charge in [0, 0.05) is 36.8 Å². The lowest BCUT2D eigenvalue weighted by atomic mass is 9.74.